The van der Waals surface area contributed by atoms with Gasteiger partial charge in [-0.05, 0) is 17.7 Å². The molecule has 100 valence electrons. The summed E-state index contributed by atoms with van der Waals surface area (Å²) in [5.74, 6) is 1.33. The van der Waals surface area contributed by atoms with Crippen LogP contribution >= 0.6 is 0 Å². The summed E-state index contributed by atoms with van der Waals surface area (Å²) in [4.78, 5) is 6.64. The maximum absolute atomic E-state index is 12.8. The van der Waals surface area contributed by atoms with E-state index in [4.69, 9.17) is 0 Å². The molecule has 5 nitrogen and oxygen atoms in total. The van der Waals surface area contributed by atoms with Crippen molar-refractivity contribution in [2.75, 3.05) is 31.1 Å². The standard InChI is InChI=1S/C13H16FN5/c14-11-3-1-10(2-4-11)9-12-16-13(18-17-12)19-7-5-15-6-8-19/h1-4,15H,5-9H2,(H,16,17,18). The SMILES string of the molecule is Fc1ccc(Cc2nc(N3CCNCC3)n[nH]2)cc1. The van der Waals surface area contributed by atoms with E-state index >= 15 is 0 Å². The fourth-order valence-electron chi connectivity index (χ4n) is 2.17. The maximum Gasteiger partial charge on any atom is 0.244 e. The Morgan fingerprint density at radius 3 is 2.63 bits per heavy atom. The average Bonchev–Trinajstić information content (AvgIpc) is 2.91. The molecule has 19 heavy (non-hydrogen) atoms. The number of nitrogens with one attached hydrogen (secondary N) is 2. The van der Waals surface area contributed by atoms with Crippen molar-refractivity contribution in [1.29, 1.82) is 0 Å². The number of aromatic amines is 1. The lowest BCUT2D eigenvalue weighted by atomic mass is 10.1. The molecule has 0 spiro atoms. The Morgan fingerprint density at radius 2 is 1.89 bits per heavy atom. The van der Waals surface area contributed by atoms with Crippen LogP contribution in [0.3, 0.4) is 0 Å². The Bertz CT molecular complexity index is 530. The highest BCUT2D eigenvalue weighted by Crippen LogP contribution is 2.11. The van der Waals surface area contributed by atoms with E-state index in [-0.39, 0.29) is 5.82 Å². The Morgan fingerprint density at radius 1 is 1.16 bits per heavy atom. The highest BCUT2D eigenvalue weighted by atomic mass is 19.1. The Labute approximate surface area is 110 Å². The van der Waals surface area contributed by atoms with Gasteiger partial charge in [0.1, 0.15) is 11.6 Å². The van der Waals surface area contributed by atoms with E-state index < -0.39 is 0 Å². The fourth-order valence-corrected chi connectivity index (χ4v) is 2.17. The topological polar surface area (TPSA) is 56.8 Å². The predicted octanol–water partition coefficient (Wildman–Crippen LogP) is 0.944. The van der Waals surface area contributed by atoms with Gasteiger partial charge in [0.25, 0.3) is 0 Å². The highest BCUT2D eigenvalue weighted by Gasteiger charge is 2.14. The summed E-state index contributed by atoms with van der Waals surface area (Å²) >= 11 is 0. The number of benzene rings is 1. The molecule has 1 aliphatic rings. The van der Waals surface area contributed by atoms with E-state index in [0.29, 0.717) is 6.42 Å². The normalized spacial score (nSPS) is 15.7. The number of aromatic nitrogens is 3. The van der Waals surface area contributed by atoms with E-state index in [9.17, 15) is 4.39 Å². The second-order valence-electron chi connectivity index (χ2n) is 4.62. The van der Waals surface area contributed by atoms with Gasteiger partial charge < -0.3 is 10.2 Å². The number of H-pyrrole nitrogens is 1. The zero-order valence-corrected chi connectivity index (χ0v) is 10.6. The van der Waals surface area contributed by atoms with Gasteiger partial charge in [0.05, 0.1) is 0 Å². The molecule has 1 aromatic carbocycles. The molecule has 0 bridgehead atoms. The molecule has 0 saturated carbocycles. The van der Waals surface area contributed by atoms with Crippen molar-refractivity contribution in [2.24, 2.45) is 0 Å². The molecule has 1 saturated heterocycles. The van der Waals surface area contributed by atoms with Gasteiger partial charge in [0, 0.05) is 32.6 Å². The second-order valence-corrected chi connectivity index (χ2v) is 4.62. The van der Waals surface area contributed by atoms with Crippen LogP contribution < -0.4 is 10.2 Å². The Balaban J connectivity index is 1.68. The largest absolute Gasteiger partial charge is 0.337 e. The molecule has 0 amide bonds. The summed E-state index contributed by atoms with van der Waals surface area (Å²) in [7, 11) is 0. The third-order valence-corrected chi connectivity index (χ3v) is 3.20. The first-order valence-electron chi connectivity index (χ1n) is 6.43. The van der Waals surface area contributed by atoms with Gasteiger partial charge in [0.2, 0.25) is 5.95 Å². The van der Waals surface area contributed by atoms with Gasteiger partial charge in [0.15, 0.2) is 0 Å². The van der Waals surface area contributed by atoms with Crippen LogP contribution in [0.4, 0.5) is 10.3 Å². The molecule has 0 aliphatic carbocycles. The number of halogens is 1. The molecule has 6 heteroatoms. The molecule has 2 N–H and O–H groups in total. The molecule has 0 unspecified atom stereocenters. The zero-order valence-electron chi connectivity index (χ0n) is 10.6. The summed E-state index contributed by atoms with van der Waals surface area (Å²) in [6.07, 6.45) is 0.638. The van der Waals surface area contributed by atoms with Crippen LogP contribution in [-0.4, -0.2) is 41.4 Å². The van der Waals surface area contributed by atoms with Gasteiger partial charge in [-0.1, -0.05) is 12.1 Å². The van der Waals surface area contributed by atoms with Gasteiger partial charge in [-0.3, -0.25) is 5.10 Å². The first kappa shape index (κ1) is 12.1. The molecule has 1 aliphatic heterocycles. The summed E-state index contributed by atoms with van der Waals surface area (Å²) in [5.41, 5.74) is 1.02. The molecular formula is C13H16FN5. The quantitative estimate of drug-likeness (QED) is 0.863. The van der Waals surface area contributed by atoms with Crippen molar-refractivity contribution in [2.45, 2.75) is 6.42 Å². The monoisotopic (exact) mass is 261 g/mol. The van der Waals surface area contributed by atoms with Gasteiger partial charge >= 0.3 is 0 Å². The van der Waals surface area contributed by atoms with E-state index in [1.165, 1.54) is 12.1 Å². The number of rotatable bonds is 3. The second kappa shape index (κ2) is 5.36. The van der Waals surface area contributed by atoms with Gasteiger partial charge in [-0.2, -0.15) is 4.98 Å². The van der Waals surface area contributed by atoms with Crippen molar-refractivity contribution in [1.82, 2.24) is 20.5 Å². The third kappa shape index (κ3) is 2.90. The van der Waals surface area contributed by atoms with Crippen LogP contribution in [0.15, 0.2) is 24.3 Å². The number of hydrogen-bond donors (Lipinski definition) is 2. The van der Waals surface area contributed by atoms with Crippen molar-refractivity contribution < 1.29 is 4.39 Å². The Kier molecular flexibility index (Phi) is 3.41. The van der Waals surface area contributed by atoms with E-state index in [2.05, 4.69) is 25.4 Å². The number of piperazine rings is 1. The third-order valence-electron chi connectivity index (χ3n) is 3.20. The number of hydrogen-bond acceptors (Lipinski definition) is 4. The molecule has 3 rings (SSSR count). The number of nitrogens with zero attached hydrogens (tertiary/aromatic N) is 3. The molecular weight excluding hydrogens is 245 g/mol. The van der Waals surface area contributed by atoms with Crippen LogP contribution in [0, 0.1) is 5.82 Å². The molecule has 0 atom stereocenters. The van der Waals surface area contributed by atoms with Crippen LogP contribution in [-0.2, 0) is 6.42 Å². The lowest BCUT2D eigenvalue weighted by Crippen LogP contribution is -2.44. The summed E-state index contributed by atoms with van der Waals surface area (Å²) < 4.78 is 12.8. The van der Waals surface area contributed by atoms with E-state index in [1.807, 2.05) is 0 Å². The van der Waals surface area contributed by atoms with E-state index in [1.54, 1.807) is 12.1 Å². The minimum atomic E-state index is -0.220. The number of anilines is 1. The Hall–Kier alpha value is -1.95. The van der Waals surface area contributed by atoms with Crippen LogP contribution in [0.25, 0.3) is 0 Å². The van der Waals surface area contributed by atoms with Crippen LogP contribution in [0.2, 0.25) is 0 Å². The maximum atomic E-state index is 12.8. The molecule has 2 aromatic rings. The van der Waals surface area contributed by atoms with Crippen molar-refractivity contribution in [3.05, 3.63) is 41.5 Å². The van der Waals surface area contributed by atoms with Crippen LogP contribution in [0.1, 0.15) is 11.4 Å². The lowest BCUT2D eigenvalue weighted by Gasteiger charge is -2.25. The predicted molar refractivity (Wildman–Crippen MR) is 70.7 cm³/mol. The smallest absolute Gasteiger partial charge is 0.244 e. The molecule has 0 radical (unpaired) electrons. The van der Waals surface area contributed by atoms with Gasteiger partial charge in [-0.15, -0.1) is 5.10 Å². The molecule has 2 heterocycles. The van der Waals surface area contributed by atoms with E-state index in [0.717, 1.165) is 43.5 Å². The van der Waals surface area contributed by atoms with Crippen LogP contribution in [0.5, 0.6) is 0 Å². The first-order chi connectivity index (χ1) is 9.31. The first-order valence-corrected chi connectivity index (χ1v) is 6.43. The van der Waals surface area contributed by atoms with Crippen molar-refractivity contribution in [3.8, 4) is 0 Å². The highest BCUT2D eigenvalue weighted by molar-refractivity contribution is 5.30. The molecule has 1 fully saturated rings. The van der Waals surface area contributed by atoms with Gasteiger partial charge in [-0.25, -0.2) is 4.39 Å². The van der Waals surface area contributed by atoms with Crippen molar-refractivity contribution >= 4 is 5.95 Å². The summed E-state index contributed by atoms with van der Waals surface area (Å²) in [6, 6.07) is 6.45. The minimum absolute atomic E-state index is 0.220. The average molecular weight is 261 g/mol. The lowest BCUT2D eigenvalue weighted by molar-refractivity contribution is 0.580. The molecule has 1 aromatic heterocycles. The van der Waals surface area contributed by atoms with Crippen molar-refractivity contribution in [3.63, 3.8) is 0 Å². The minimum Gasteiger partial charge on any atom is -0.337 e. The summed E-state index contributed by atoms with van der Waals surface area (Å²) in [6.45, 7) is 3.77. The summed E-state index contributed by atoms with van der Waals surface area (Å²) in [5, 5.41) is 10.5. The zero-order chi connectivity index (χ0) is 13.1. The fraction of sp³-hybridized carbons (Fsp3) is 0.385.